The van der Waals surface area contributed by atoms with E-state index in [2.05, 4.69) is 16.9 Å². The van der Waals surface area contributed by atoms with Crippen LogP contribution in [0.4, 0.5) is 5.69 Å². The molecule has 1 aliphatic rings. The van der Waals surface area contributed by atoms with Crippen LogP contribution in [-0.2, 0) is 21.8 Å². The van der Waals surface area contributed by atoms with Crippen LogP contribution in [0.1, 0.15) is 0 Å². The summed E-state index contributed by atoms with van der Waals surface area (Å²) in [6.07, 6.45) is 4.29. The summed E-state index contributed by atoms with van der Waals surface area (Å²) in [7, 11) is -1.95. The SMILES string of the molecule is C=CCO[C@@H]1CN(S(=O)(=O)c2cn(C)cn2)C[C@H]1Nc1cccc(Cl)c1. The van der Waals surface area contributed by atoms with Gasteiger partial charge in [0.25, 0.3) is 10.0 Å². The highest BCUT2D eigenvalue weighted by Gasteiger charge is 2.40. The van der Waals surface area contributed by atoms with Gasteiger partial charge in [-0.25, -0.2) is 13.4 Å². The predicted octanol–water partition coefficient (Wildman–Crippen LogP) is 2.13. The number of halogens is 1. The van der Waals surface area contributed by atoms with Crippen molar-refractivity contribution in [1.29, 1.82) is 0 Å². The van der Waals surface area contributed by atoms with Gasteiger partial charge in [0.1, 0.15) is 0 Å². The predicted molar refractivity (Wildman–Crippen MR) is 101 cm³/mol. The molecule has 2 atom stereocenters. The Morgan fingerprint density at radius 1 is 1.46 bits per heavy atom. The molecule has 0 aliphatic carbocycles. The lowest BCUT2D eigenvalue weighted by Gasteiger charge is -2.20. The van der Waals surface area contributed by atoms with Gasteiger partial charge in [-0.2, -0.15) is 4.31 Å². The smallest absolute Gasteiger partial charge is 0.262 e. The van der Waals surface area contributed by atoms with E-state index in [0.29, 0.717) is 11.6 Å². The molecular weight excluding hydrogens is 376 g/mol. The van der Waals surface area contributed by atoms with Crippen LogP contribution in [0.5, 0.6) is 0 Å². The van der Waals surface area contributed by atoms with E-state index in [1.54, 1.807) is 29.8 Å². The first kappa shape index (κ1) is 18.9. The Morgan fingerprint density at radius 3 is 2.92 bits per heavy atom. The molecule has 1 N–H and O–H groups in total. The van der Waals surface area contributed by atoms with Crippen molar-refractivity contribution in [2.75, 3.05) is 25.0 Å². The lowest BCUT2D eigenvalue weighted by Crippen LogP contribution is -2.34. The third-order valence-corrected chi connectivity index (χ3v) is 6.08. The molecule has 1 aromatic heterocycles. The van der Waals surface area contributed by atoms with Gasteiger partial charge in [-0.1, -0.05) is 23.7 Å². The molecule has 2 heterocycles. The number of ether oxygens (including phenoxy) is 1. The number of benzene rings is 1. The number of nitrogens with zero attached hydrogens (tertiary/aromatic N) is 3. The van der Waals surface area contributed by atoms with Gasteiger partial charge in [-0.3, -0.25) is 0 Å². The van der Waals surface area contributed by atoms with Gasteiger partial charge in [0.2, 0.25) is 0 Å². The summed E-state index contributed by atoms with van der Waals surface area (Å²) >= 11 is 6.03. The quantitative estimate of drug-likeness (QED) is 0.725. The Hall–Kier alpha value is -1.87. The fraction of sp³-hybridized carbons (Fsp3) is 0.353. The summed E-state index contributed by atoms with van der Waals surface area (Å²) in [6, 6.07) is 7.08. The van der Waals surface area contributed by atoms with Crippen molar-refractivity contribution < 1.29 is 13.2 Å². The summed E-state index contributed by atoms with van der Waals surface area (Å²) < 4.78 is 34.5. The second kappa shape index (κ2) is 7.79. The van der Waals surface area contributed by atoms with Crippen LogP contribution >= 0.6 is 11.6 Å². The van der Waals surface area contributed by atoms with E-state index < -0.39 is 10.0 Å². The Bertz CT molecular complexity index is 884. The molecule has 1 saturated heterocycles. The number of aromatic nitrogens is 2. The first-order valence-corrected chi connectivity index (χ1v) is 9.94. The third-order valence-electron chi connectivity index (χ3n) is 4.12. The number of anilines is 1. The topological polar surface area (TPSA) is 76.5 Å². The van der Waals surface area contributed by atoms with Gasteiger partial charge >= 0.3 is 0 Å². The normalized spacial score (nSPS) is 21.0. The van der Waals surface area contributed by atoms with Gasteiger partial charge in [0.15, 0.2) is 5.03 Å². The first-order chi connectivity index (χ1) is 12.4. The maximum absolute atomic E-state index is 12.8. The van der Waals surface area contributed by atoms with Gasteiger partial charge in [0, 0.05) is 37.0 Å². The minimum atomic E-state index is -3.68. The van der Waals surface area contributed by atoms with E-state index in [-0.39, 0.29) is 30.3 Å². The van der Waals surface area contributed by atoms with Gasteiger partial charge < -0.3 is 14.6 Å². The molecule has 1 fully saturated rings. The molecule has 1 aliphatic heterocycles. The fourth-order valence-corrected chi connectivity index (χ4v) is 4.52. The van der Waals surface area contributed by atoms with E-state index in [1.807, 2.05) is 12.1 Å². The Labute approximate surface area is 158 Å². The average molecular weight is 397 g/mol. The maximum atomic E-state index is 12.8. The van der Waals surface area contributed by atoms with E-state index in [9.17, 15) is 8.42 Å². The summed E-state index contributed by atoms with van der Waals surface area (Å²) in [5, 5.41) is 3.96. The highest BCUT2D eigenvalue weighted by molar-refractivity contribution is 7.89. The van der Waals surface area contributed by atoms with E-state index in [0.717, 1.165) is 5.69 Å². The minimum absolute atomic E-state index is 0.0332. The first-order valence-electron chi connectivity index (χ1n) is 8.13. The average Bonchev–Trinajstić information content (AvgIpc) is 3.20. The number of sulfonamides is 1. The molecule has 0 unspecified atom stereocenters. The third kappa shape index (κ3) is 4.09. The fourth-order valence-electron chi connectivity index (χ4n) is 2.88. The number of rotatable bonds is 7. The second-order valence-corrected chi connectivity index (χ2v) is 8.44. The Morgan fingerprint density at radius 2 is 2.27 bits per heavy atom. The zero-order valence-electron chi connectivity index (χ0n) is 14.4. The van der Waals surface area contributed by atoms with Crippen molar-refractivity contribution in [3.63, 3.8) is 0 Å². The zero-order chi connectivity index (χ0) is 18.7. The molecule has 3 rings (SSSR count). The molecule has 9 heteroatoms. The van der Waals surface area contributed by atoms with Crippen LogP contribution in [0.15, 0.2) is 54.5 Å². The van der Waals surface area contributed by atoms with Crippen molar-refractivity contribution in [3.8, 4) is 0 Å². The molecule has 0 amide bonds. The lowest BCUT2D eigenvalue weighted by molar-refractivity contribution is 0.0793. The van der Waals surface area contributed by atoms with Crippen molar-refractivity contribution in [2.24, 2.45) is 7.05 Å². The van der Waals surface area contributed by atoms with Crippen molar-refractivity contribution in [2.45, 2.75) is 17.2 Å². The summed E-state index contributed by atoms with van der Waals surface area (Å²) in [5.74, 6) is 0. The van der Waals surface area contributed by atoms with Crippen LogP contribution in [-0.4, -0.2) is 54.1 Å². The molecule has 140 valence electrons. The molecule has 0 bridgehead atoms. The Balaban J connectivity index is 1.80. The molecular formula is C17H21ClN4O3S. The second-order valence-electron chi connectivity index (χ2n) is 6.12. The Kier molecular flexibility index (Phi) is 5.67. The minimum Gasteiger partial charge on any atom is -0.378 e. The zero-order valence-corrected chi connectivity index (χ0v) is 15.9. The van der Waals surface area contributed by atoms with Crippen LogP contribution in [0.25, 0.3) is 0 Å². The summed E-state index contributed by atoms with van der Waals surface area (Å²) in [4.78, 5) is 3.98. The van der Waals surface area contributed by atoms with Gasteiger partial charge in [-0.05, 0) is 18.2 Å². The van der Waals surface area contributed by atoms with Gasteiger partial charge in [-0.15, -0.1) is 6.58 Å². The van der Waals surface area contributed by atoms with E-state index in [4.69, 9.17) is 16.3 Å². The van der Waals surface area contributed by atoms with Crippen molar-refractivity contribution in [1.82, 2.24) is 13.9 Å². The van der Waals surface area contributed by atoms with Crippen LogP contribution in [0.3, 0.4) is 0 Å². The molecule has 2 aromatic rings. The molecule has 0 spiro atoms. The highest BCUT2D eigenvalue weighted by Crippen LogP contribution is 2.25. The molecule has 1 aromatic carbocycles. The number of nitrogens with one attached hydrogen (secondary N) is 1. The van der Waals surface area contributed by atoms with E-state index in [1.165, 1.54) is 16.8 Å². The lowest BCUT2D eigenvalue weighted by atomic mass is 10.2. The largest absolute Gasteiger partial charge is 0.378 e. The summed E-state index contributed by atoms with van der Waals surface area (Å²) in [6.45, 7) is 4.51. The number of aryl methyl sites for hydroxylation is 1. The number of hydrogen-bond donors (Lipinski definition) is 1. The van der Waals surface area contributed by atoms with Crippen molar-refractivity contribution >= 4 is 27.3 Å². The number of imidazole rings is 1. The molecule has 7 nitrogen and oxygen atoms in total. The summed E-state index contributed by atoms with van der Waals surface area (Å²) in [5.41, 5.74) is 0.812. The standard InChI is InChI=1S/C17H21ClN4O3S/c1-3-7-25-16-10-22(26(23,24)17-11-21(2)12-19-17)9-15(16)20-14-6-4-5-13(18)8-14/h3-6,8,11-12,15-16,20H,1,7,9-10H2,2H3/t15-,16-/m1/s1. The van der Waals surface area contributed by atoms with Gasteiger partial charge in [0.05, 0.1) is 25.1 Å². The molecule has 0 saturated carbocycles. The van der Waals surface area contributed by atoms with Crippen LogP contribution < -0.4 is 5.32 Å². The van der Waals surface area contributed by atoms with Crippen LogP contribution in [0, 0.1) is 0 Å². The molecule has 26 heavy (non-hydrogen) atoms. The van der Waals surface area contributed by atoms with E-state index >= 15 is 0 Å². The monoisotopic (exact) mass is 396 g/mol. The van der Waals surface area contributed by atoms with Crippen molar-refractivity contribution in [3.05, 3.63) is 54.5 Å². The maximum Gasteiger partial charge on any atom is 0.262 e. The highest BCUT2D eigenvalue weighted by atomic mass is 35.5. The number of hydrogen-bond acceptors (Lipinski definition) is 5. The molecule has 0 radical (unpaired) electrons. The van der Waals surface area contributed by atoms with Crippen LogP contribution in [0.2, 0.25) is 5.02 Å².